The van der Waals surface area contributed by atoms with Crippen LogP contribution in [0.3, 0.4) is 0 Å². The minimum absolute atomic E-state index is 0.470. The molecule has 2 N–H and O–H groups in total. The quantitative estimate of drug-likeness (QED) is 0.778. The molecule has 3 rings (SSSR count). The van der Waals surface area contributed by atoms with Gasteiger partial charge in [0.1, 0.15) is 0 Å². The van der Waals surface area contributed by atoms with Gasteiger partial charge >= 0.3 is 0 Å². The van der Waals surface area contributed by atoms with E-state index in [-0.39, 0.29) is 0 Å². The molecule has 0 bridgehead atoms. The first-order chi connectivity index (χ1) is 10.3. The Labute approximate surface area is 125 Å². The molecule has 104 valence electrons. The highest BCUT2D eigenvalue weighted by atomic mass is 14.7. The second-order valence-corrected chi connectivity index (χ2v) is 5.08. The van der Waals surface area contributed by atoms with E-state index in [0.717, 1.165) is 11.3 Å². The summed E-state index contributed by atoms with van der Waals surface area (Å²) in [7, 11) is 0. The van der Waals surface area contributed by atoms with Crippen molar-refractivity contribution in [3.05, 3.63) is 78.1 Å². The van der Waals surface area contributed by atoms with Gasteiger partial charge in [-0.25, -0.2) is 0 Å². The molecule has 0 aliphatic heterocycles. The zero-order chi connectivity index (χ0) is 14.7. The number of rotatable bonds is 3. The lowest BCUT2D eigenvalue weighted by molar-refractivity contribution is 0.970. The first kappa shape index (κ1) is 13.5. The third-order valence-corrected chi connectivity index (χ3v) is 3.78. The summed E-state index contributed by atoms with van der Waals surface area (Å²) in [4.78, 5) is 4.34. The van der Waals surface area contributed by atoms with Crippen LogP contribution in [0, 0.1) is 6.92 Å². The van der Waals surface area contributed by atoms with E-state index in [2.05, 4.69) is 66.5 Å². The van der Waals surface area contributed by atoms with Crippen molar-refractivity contribution in [2.45, 2.75) is 13.5 Å². The summed E-state index contributed by atoms with van der Waals surface area (Å²) < 4.78 is 0. The molecule has 2 aromatic carbocycles. The highest BCUT2D eigenvalue weighted by Crippen LogP contribution is 2.28. The van der Waals surface area contributed by atoms with E-state index in [4.69, 9.17) is 5.73 Å². The molecule has 0 radical (unpaired) electrons. The van der Waals surface area contributed by atoms with E-state index >= 15 is 0 Å². The standard InChI is InChI=1S/C19H18N2/c1-14-18(10-11-21-19(14)13-20)17-9-5-8-16(12-17)15-6-3-2-4-7-15/h2-12H,13,20H2,1H3. The minimum atomic E-state index is 0.470. The Morgan fingerprint density at radius 2 is 1.57 bits per heavy atom. The van der Waals surface area contributed by atoms with Crippen LogP contribution in [-0.4, -0.2) is 4.98 Å². The lowest BCUT2D eigenvalue weighted by Gasteiger charge is -2.11. The minimum Gasteiger partial charge on any atom is -0.325 e. The van der Waals surface area contributed by atoms with Gasteiger partial charge in [0.05, 0.1) is 5.69 Å². The van der Waals surface area contributed by atoms with Gasteiger partial charge in [0.2, 0.25) is 0 Å². The van der Waals surface area contributed by atoms with Gasteiger partial charge in [-0.15, -0.1) is 0 Å². The Kier molecular flexibility index (Phi) is 3.80. The van der Waals surface area contributed by atoms with Crippen molar-refractivity contribution >= 4 is 0 Å². The van der Waals surface area contributed by atoms with E-state index in [1.165, 1.54) is 22.3 Å². The smallest absolute Gasteiger partial charge is 0.0574 e. The van der Waals surface area contributed by atoms with E-state index in [0.29, 0.717) is 6.54 Å². The van der Waals surface area contributed by atoms with Crippen LogP contribution in [0.5, 0.6) is 0 Å². The molecule has 0 spiro atoms. The molecule has 1 heterocycles. The normalized spacial score (nSPS) is 10.6. The van der Waals surface area contributed by atoms with Crippen molar-refractivity contribution in [3.8, 4) is 22.3 Å². The predicted molar refractivity (Wildman–Crippen MR) is 87.7 cm³/mol. The monoisotopic (exact) mass is 274 g/mol. The zero-order valence-corrected chi connectivity index (χ0v) is 12.1. The molecule has 0 aliphatic carbocycles. The molecule has 0 atom stereocenters. The topological polar surface area (TPSA) is 38.9 Å². The highest BCUT2D eigenvalue weighted by Gasteiger charge is 2.07. The largest absolute Gasteiger partial charge is 0.325 e. The van der Waals surface area contributed by atoms with Crippen molar-refractivity contribution in [2.75, 3.05) is 0 Å². The Hall–Kier alpha value is -2.45. The van der Waals surface area contributed by atoms with E-state index in [9.17, 15) is 0 Å². The van der Waals surface area contributed by atoms with E-state index in [1.54, 1.807) is 0 Å². The molecule has 0 aliphatic rings. The van der Waals surface area contributed by atoms with Crippen LogP contribution in [0.25, 0.3) is 22.3 Å². The molecule has 0 unspecified atom stereocenters. The van der Waals surface area contributed by atoms with Gasteiger partial charge in [-0.3, -0.25) is 4.98 Å². The lowest BCUT2D eigenvalue weighted by atomic mass is 9.96. The number of hydrogen-bond donors (Lipinski definition) is 1. The van der Waals surface area contributed by atoms with Crippen molar-refractivity contribution in [1.29, 1.82) is 0 Å². The van der Waals surface area contributed by atoms with Crippen molar-refractivity contribution < 1.29 is 0 Å². The Morgan fingerprint density at radius 1 is 0.857 bits per heavy atom. The maximum atomic E-state index is 5.76. The maximum Gasteiger partial charge on any atom is 0.0574 e. The van der Waals surface area contributed by atoms with Gasteiger partial charge in [0.15, 0.2) is 0 Å². The average Bonchev–Trinajstić information content (AvgIpc) is 2.56. The van der Waals surface area contributed by atoms with Crippen LogP contribution in [0.2, 0.25) is 0 Å². The third-order valence-electron chi connectivity index (χ3n) is 3.78. The fourth-order valence-corrected chi connectivity index (χ4v) is 2.59. The molecule has 0 amide bonds. The molecule has 2 heteroatoms. The summed E-state index contributed by atoms with van der Waals surface area (Å²) in [6.45, 7) is 2.55. The molecule has 0 saturated carbocycles. The SMILES string of the molecule is Cc1c(-c2cccc(-c3ccccc3)c2)ccnc1CN. The number of nitrogens with zero attached hydrogens (tertiary/aromatic N) is 1. The van der Waals surface area contributed by atoms with Gasteiger partial charge in [0, 0.05) is 12.7 Å². The first-order valence-corrected chi connectivity index (χ1v) is 7.10. The van der Waals surface area contributed by atoms with Crippen LogP contribution in [0.15, 0.2) is 66.9 Å². The van der Waals surface area contributed by atoms with Gasteiger partial charge in [0.25, 0.3) is 0 Å². The number of pyridine rings is 1. The van der Waals surface area contributed by atoms with Crippen LogP contribution < -0.4 is 5.73 Å². The summed E-state index contributed by atoms with van der Waals surface area (Å²) in [5.41, 5.74) is 12.7. The second kappa shape index (κ2) is 5.90. The van der Waals surface area contributed by atoms with Crippen LogP contribution in [0.4, 0.5) is 0 Å². The summed E-state index contributed by atoms with van der Waals surface area (Å²) in [6, 6.07) is 21.1. The van der Waals surface area contributed by atoms with Crippen LogP contribution >= 0.6 is 0 Å². The molecule has 3 aromatic rings. The Bertz CT molecular complexity index is 749. The molecule has 0 fully saturated rings. The van der Waals surface area contributed by atoms with Crippen molar-refractivity contribution in [1.82, 2.24) is 4.98 Å². The number of hydrogen-bond acceptors (Lipinski definition) is 2. The Balaban J connectivity index is 2.09. The van der Waals surface area contributed by atoms with Crippen molar-refractivity contribution in [2.24, 2.45) is 5.73 Å². The molecule has 0 saturated heterocycles. The van der Waals surface area contributed by atoms with Gasteiger partial charge < -0.3 is 5.73 Å². The van der Waals surface area contributed by atoms with Gasteiger partial charge in [-0.2, -0.15) is 0 Å². The second-order valence-electron chi connectivity index (χ2n) is 5.08. The van der Waals surface area contributed by atoms with Crippen LogP contribution in [-0.2, 0) is 6.54 Å². The lowest BCUT2D eigenvalue weighted by Crippen LogP contribution is -2.03. The first-order valence-electron chi connectivity index (χ1n) is 7.10. The molecular formula is C19H18N2. The van der Waals surface area contributed by atoms with Gasteiger partial charge in [-0.05, 0) is 46.9 Å². The highest BCUT2D eigenvalue weighted by molar-refractivity contribution is 5.74. The molecule has 2 nitrogen and oxygen atoms in total. The number of benzene rings is 2. The maximum absolute atomic E-state index is 5.76. The van der Waals surface area contributed by atoms with Gasteiger partial charge in [-0.1, -0.05) is 48.5 Å². The van der Waals surface area contributed by atoms with E-state index < -0.39 is 0 Å². The molecular weight excluding hydrogens is 256 g/mol. The Morgan fingerprint density at radius 3 is 2.33 bits per heavy atom. The summed E-state index contributed by atoms with van der Waals surface area (Å²) >= 11 is 0. The van der Waals surface area contributed by atoms with E-state index in [1.807, 2.05) is 12.3 Å². The summed E-state index contributed by atoms with van der Waals surface area (Å²) in [6.07, 6.45) is 1.83. The van der Waals surface area contributed by atoms with Crippen LogP contribution in [0.1, 0.15) is 11.3 Å². The fraction of sp³-hybridized carbons (Fsp3) is 0.105. The number of nitrogens with two attached hydrogens (primary N) is 1. The zero-order valence-electron chi connectivity index (χ0n) is 12.1. The summed E-state index contributed by atoms with van der Waals surface area (Å²) in [5.74, 6) is 0. The average molecular weight is 274 g/mol. The number of aromatic nitrogens is 1. The fourth-order valence-electron chi connectivity index (χ4n) is 2.59. The summed E-state index contributed by atoms with van der Waals surface area (Å²) in [5, 5.41) is 0. The third kappa shape index (κ3) is 2.71. The molecule has 21 heavy (non-hydrogen) atoms. The van der Waals surface area contributed by atoms with Crippen molar-refractivity contribution in [3.63, 3.8) is 0 Å². The predicted octanol–water partition coefficient (Wildman–Crippen LogP) is 4.18. The molecule has 1 aromatic heterocycles.